The first-order valence-electron chi connectivity index (χ1n) is 9.17. The third kappa shape index (κ3) is 3.29. The van der Waals surface area contributed by atoms with Crippen molar-refractivity contribution in [1.29, 1.82) is 0 Å². The van der Waals surface area contributed by atoms with Gasteiger partial charge < -0.3 is 13.9 Å². The average molecular weight is 349 g/mol. The van der Waals surface area contributed by atoms with E-state index in [-0.39, 0.29) is 11.9 Å². The summed E-state index contributed by atoms with van der Waals surface area (Å²) in [6.07, 6.45) is 5.79. The summed E-state index contributed by atoms with van der Waals surface area (Å²) in [7, 11) is 0. The molecule has 1 atom stereocenters. The van der Waals surface area contributed by atoms with Crippen molar-refractivity contribution in [2.24, 2.45) is 0 Å². The van der Waals surface area contributed by atoms with Crippen molar-refractivity contribution >= 4 is 5.91 Å². The Hall–Kier alpha value is -2.82. The summed E-state index contributed by atoms with van der Waals surface area (Å²) in [4.78, 5) is 19.0. The average Bonchev–Trinajstić information content (AvgIpc) is 3.32. The zero-order valence-corrected chi connectivity index (χ0v) is 15.0. The SMILES string of the molecule is C[C@H]1c2cccn2CCN1C(=O)CCCc1ncc(-c2ccccc2)o1. The Morgan fingerprint density at radius 2 is 2.04 bits per heavy atom. The molecule has 0 N–H and O–H groups in total. The number of rotatable bonds is 5. The Morgan fingerprint density at radius 1 is 1.19 bits per heavy atom. The lowest BCUT2D eigenvalue weighted by atomic mass is 10.1. The van der Waals surface area contributed by atoms with E-state index in [0.717, 1.165) is 30.8 Å². The van der Waals surface area contributed by atoms with Crippen LogP contribution in [0.2, 0.25) is 0 Å². The number of aryl methyl sites for hydroxylation is 1. The summed E-state index contributed by atoms with van der Waals surface area (Å²) < 4.78 is 8.04. The predicted octanol–water partition coefficient (Wildman–Crippen LogP) is 4.07. The molecule has 3 heterocycles. The van der Waals surface area contributed by atoms with E-state index in [1.165, 1.54) is 5.69 Å². The van der Waals surface area contributed by atoms with Crippen molar-refractivity contribution in [3.8, 4) is 11.3 Å². The molecule has 2 aromatic heterocycles. The maximum absolute atomic E-state index is 12.6. The van der Waals surface area contributed by atoms with E-state index in [0.29, 0.717) is 18.7 Å². The van der Waals surface area contributed by atoms with Crippen LogP contribution < -0.4 is 0 Å². The molecule has 26 heavy (non-hydrogen) atoms. The molecule has 0 saturated carbocycles. The molecule has 0 unspecified atom stereocenters. The molecule has 0 bridgehead atoms. The third-order valence-corrected chi connectivity index (χ3v) is 5.06. The van der Waals surface area contributed by atoms with Gasteiger partial charge in [-0.25, -0.2) is 4.98 Å². The fraction of sp³-hybridized carbons (Fsp3) is 0.333. The fourth-order valence-electron chi connectivity index (χ4n) is 3.62. The first-order chi connectivity index (χ1) is 12.7. The normalized spacial score (nSPS) is 16.5. The smallest absolute Gasteiger partial charge is 0.223 e. The highest BCUT2D eigenvalue weighted by Gasteiger charge is 2.26. The minimum atomic E-state index is 0.137. The van der Waals surface area contributed by atoms with Crippen molar-refractivity contribution in [2.45, 2.75) is 38.8 Å². The van der Waals surface area contributed by atoms with E-state index in [9.17, 15) is 4.79 Å². The molecule has 5 heteroatoms. The van der Waals surface area contributed by atoms with Crippen LogP contribution in [0.25, 0.3) is 11.3 Å². The molecule has 3 aromatic rings. The summed E-state index contributed by atoms with van der Waals surface area (Å²) in [5.41, 5.74) is 2.23. The number of benzene rings is 1. The van der Waals surface area contributed by atoms with Crippen LogP contribution in [0.1, 0.15) is 37.4 Å². The summed E-state index contributed by atoms with van der Waals surface area (Å²) in [6, 6.07) is 14.2. The van der Waals surface area contributed by atoms with Gasteiger partial charge in [-0.3, -0.25) is 4.79 Å². The van der Waals surface area contributed by atoms with Crippen LogP contribution >= 0.6 is 0 Å². The highest BCUT2D eigenvalue weighted by Crippen LogP contribution is 2.26. The maximum atomic E-state index is 12.6. The lowest BCUT2D eigenvalue weighted by Crippen LogP contribution is -2.40. The number of oxazole rings is 1. The second kappa shape index (κ2) is 7.20. The van der Waals surface area contributed by atoms with Crippen LogP contribution in [-0.4, -0.2) is 26.9 Å². The Bertz CT molecular complexity index is 882. The van der Waals surface area contributed by atoms with Gasteiger partial charge in [-0.05, 0) is 25.5 Å². The minimum Gasteiger partial charge on any atom is -0.441 e. The van der Waals surface area contributed by atoms with Crippen LogP contribution in [-0.2, 0) is 17.8 Å². The number of hydrogen-bond acceptors (Lipinski definition) is 3. The van der Waals surface area contributed by atoms with Gasteiger partial charge in [0, 0.05) is 43.4 Å². The standard InChI is InChI=1S/C21H23N3O2/c1-16-18-9-6-12-23(18)13-14-24(16)21(25)11-5-10-20-22-15-19(26-20)17-7-3-2-4-8-17/h2-4,6-9,12,15-16H,5,10-11,13-14H2,1H3/t16-/m0/s1. The molecule has 0 aliphatic carbocycles. The largest absolute Gasteiger partial charge is 0.441 e. The van der Waals surface area contributed by atoms with Crippen molar-refractivity contribution in [3.63, 3.8) is 0 Å². The van der Waals surface area contributed by atoms with Gasteiger partial charge in [0.25, 0.3) is 0 Å². The van der Waals surface area contributed by atoms with Gasteiger partial charge in [-0.1, -0.05) is 30.3 Å². The molecular weight excluding hydrogens is 326 g/mol. The van der Waals surface area contributed by atoms with Crippen molar-refractivity contribution < 1.29 is 9.21 Å². The van der Waals surface area contributed by atoms with Crippen LogP contribution in [0.15, 0.2) is 59.3 Å². The molecule has 4 rings (SSSR count). The van der Waals surface area contributed by atoms with Crippen molar-refractivity contribution in [2.75, 3.05) is 6.54 Å². The van der Waals surface area contributed by atoms with E-state index in [1.807, 2.05) is 41.3 Å². The first kappa shape index (κ1) is 16.6. The second-order valence-corrected chi connectivity index (χ2v) is 6.73. The van der Waals surface area contributed by atoms with Crippen molar-refractivity contribution in [1.82, 2.24) is 14.5 Å². The Kier molecular flexibility index (Phi) is 4.61. The molecular formula is C21H23N3O2. The first-order valence-corrected chi connectivity index (χ1v) is 9.17. The topological polar surface area (TPSA) is 51.3 Å². The number of nitrogens with zero attached hydrogens (tertiary/aromatic N) is 3. The maximum Gasteiger partial charge on any atom is 0.223 e. The molecule has 1 aliphatic rings. The van der Waals surface area contributed by atoms with E-state index in [1.54, 1.807) is 6.20 Å². The number of fused-ring (bicyclic) bond motifs is 1. The second-order valence-electron chi connectivity index (χ2n) is 6.73. The zero-order chi connectivity index (χ0) is 17.9. The molecule has 0 radical (unpaired) electrons. The number of carbonyl (C=O) groups is 1. The van der Waals surface area contributed by atoms with Crippen LogP contribution in [0.4, 0.5) is 0 Å². The van der Waals surface area contributed by atoms with Crippen LogP contribution in [0, 0.1) is 0 Å². The van der Waals surface area contributed by atoms with E-state index < -0.39 is 0 Å². The van der Waals surface area contributed by atoms with Crippen LogP contribution in [0.5, 0.6) is 0 Å². The quantitative estimate of drug-likeness (QED) is 0.698. The summed E-state index contributed by atoms with van der Waals surface area (Å²) in [5, 5.41) is 0. The van der Waals surface area contributed by atoms with Gasteiger partial charge in [0.2, 0.25) is 5.91 Å². The van der Waals surface area contributed by atoms with Crippen LogP contribution in [0.3, 0.4) is 0 Å². The highest BCUT2D eigenvalue weighted by atomic mass is 16.4. The van der Waals surface area contributed by atoms with E-state index in [2.05, 4.69) is 28.7 Å². The van der Waals surface area contributed by atoms with E-state index >= 15 is 0 Å². The van der Waals surface area contributed by atoms with Gasteiger partial charge in [0.15, 0.2) is 11.7 Å². The van der Waals surface area contributed by atoms with Gasteiger partial charge in [0.05, 0.1) is 12.2 Å². The van der Waals surface area contributed by atoms with Gasteiger partial charge in [-0.2, -0.15) is 0 Å². The molecule has 1 aliphatic heterocycles. The number of hydrogen-bond donors (Lipinski definition) is 0. The minimum absolute atomic E-state index is 0.137. The molecule has 1 aromatic carbocycles. The summed E-state index contributed by atoms with van der Waals surface area (Å²) in [5.74, 6) is 1.68. The van der Waals surface area contributed by atoms with Gasteiger partial charge in [0.1, 0.15) is 0 Å². The predicted molar refractivity (Wildman–Crippen MR) is 99.4 cm³/mol. The lowest BCUT2D eigenvalue weighted by molar-refractivity contribution is -0.134. The third-order valence-electron chi connectivity index (χ3n) is 5.06. The Morgan fingerprint density at radius 3 is 2.88 bits per heavy atom. The molecule has 0 saturated heterocycles. The number of amides is 1. The zero-order valence-electron chi connectivity index (χ0n) is 15.0. The number of aromatic nitrogens is 2. The summed E-state index contributed by atoms with van der Waals surface area (Å²) in [6.45, 7) is 3.75. The van der Waals surface area contributed by atoms with Gasteiger partial charge in [-0.15, -0.1) is 0 Å². The molecule has 0 spiro atoms. The summed E-state index contributed by atoms with van der Waals surface area (Å²) >= 11 is 0. The van der Waals surface area contributed by atoms with Gasteiger partial charge >= 0.3 is 0 Å². The molecule has 5 nitrogen and oxygen atoms in total. The monoisotopic (exact) mass is 349 g/mol. The molecule has 134 valence electrons. The Balaban J connectivity index is 1.31. The Labute approximate surface area is 153 Å². The van der Waals surface area contributed by atoms with E-state index in [4.69, 9.17) is 4.42 Å². The number of carbonyl (C=O) groups excluding carboxylic acids is 1. The van der Waals surface area contributed by atoms with Crippen molar-refractivity contribution in [3.05, 3.63) is 66.4 Å². The fourth-order valence-corrected chi connectivity index (χ4v) is 3.62. The molecule has 1 amide bonds. The highest BCUT2D eigenvalue weighted by molar-refractivity contribution is 5.76. The lowest BCUT2D eigenvalue weighted by Gasteiger charge is -2.35. The molecule has 0 fully saturated rings.